The molecule has 0 bridgehead atoms. The highest BCUT2D eigenvalue weighted by molar-refractivity contribution is 7.11. The van der Waals surface area contributed by atoms with Crippen molar-refractivity contribution < 1.29 is 4.79 Å². The summed E-state index contributed by atoms with van der Waals surface area (Å²) in [7, 11) is 0. The summed E-state index contributed by atoms with van der Waals surface area (Å²) in [5.41, 5.74) is 1.99. The fraction of sp³-hybridized carbons (Fsp3) is 0.286. The Bertz CT molecular complexity index is 556. The predicted molar refractivity (Wildman–Crippen MR) is 76.3 cm³/mol. The second-order valence-electron chi connectivity index (χ2n) is 4.50. The summed E-state index contributed by atoms with van der Waals surface area (Å²) in [6, 6.07) is 9.51. The van der Waals surface area contributed by atoms with Crippen LogP contribution in [0, 0.1) is 0 Å². The fourth-order valence-corrected chi connectivity index (χ4v) is 3.20. The lowest BCUT2D eigenvalue weighted by Gasteiger charge is -2.09. The first-order valence-electron chi connectivity index (χ1n) is 6.34. The summed E-state index contributed by atoms with van der Waals surface area (Å²) in [6.07, 6.45) is 1.32. The van der Waals surface area contributed by atoms with Crippen molar-refractivity contribution >= 4 is 22.9 Å². The average Bonchev–Trinajstić information content (AvgIpc) is 2.81. The van der Waals surface area contributed by atoms with Crippen LogP contribution in [0.25, 0.3) is 0 Å². The molecule has 2 heterocycles. The summed E-state index contributed by atoms with van der Waals surface area (Å²) in [4.78, 5) is 17.8. The smallest absolute Gasteiger partial charge is 0.231 e. The van der Waals surface area contributed by atoms with Gasteiger partial charge in [0.1, 0.15) is 5.01 Å². The minimum atomic E-state index is -0.00902. The second-order valence-corrected chi connectivity index (χ2v) is 5.66. The molecule has 5 heteroatoms. The van der Waals surface area contributed by atoms with Crippen LogP contribution in [0.15, 0.2) is 30.3 Å². The van der Waals surface area contributed by atoms with Gasteiger partial charge in [0.25, 0.3) is 0 Å². The van der Waals surface area contributed by atoms with Gasteiger partial charge in [0.15, 0.2) is 0 Å². The molecule has 3 rings (SSSR count). The molecule has 0 atom stereocenters. The monoisotopic (exact) mass is 273 g/mol. The van der Waals surface area contributed by atoms with Crippen LogP contribution in [0.1, 0.15) is 15.6 Å². The number of aromatic nitrogens is 1. The van der Waals surface area contributed by atoms with E-state index in [1.165, 1.54) is 4.88 Å². The summed E-state index contributed by atoms with van der Waals surface area (Å²) in [5, 5.41) is 7.10. The largest absolute Gasteiger partial charge is 0.326 e. The van der Waals surface area contributed by atoms with Crippen molar-refractivity contribution in [2.75, 3.05) is 11.9 Å². The van der Waals surface area contributed by atoms with E-state index >= 15 is 0 Å². The highest BCUT2D eigenvalue weighted by Crippen LogP contribution is 2.22. The summed E-state index contributed by atoms with van der Waals surface area (Å²) < 4.78 is 0. The zero-order chi connectivity index (χ0) is 13.1. The predicted octanol–water partition coefficient (Wildman–Crippen LogP) is 1.97. The van der Waals surface area contributed by atoms with E-state index in [1.807, 2.05) is 30.3 Å². The molecule has 0 radical (unpaired) electrons. The van der Waals surface area contributed by atoms with Crippen LogP contribution >= 0.6 is 11.3 Å². The molecule has 1 aromatic carbocycles. The first kappa shape index (κ1) is 12.3. The third-order valence-corrected chi connectivity index (χ3v) is 4.11. The van der Waals surface area contributed by atoms with Crippen LogP contribution in [-0.4, -0.2) is 17.4 Å². The van der Waals surface area contributed by atoms with E-state index in [0.717, 1.165) is 35.9 Å². The first-order chi connectivity index (χ1) is 9.31. The summed E-state index contributed by atoms with van der Waals surface area (Å²) in [6.45, 7) is 1.86. The maximum Gasteiger partial charge on any atom is 0.231 e. The van der Waals surface area contributed by atoms with E-state index in [1.54, 1.807) is 11.3 Å². The van der Waals surface area contributed by atoms with Crippen LogP contribution in [-0.2, 0) is 24.2 Å². The van der Waals surface area contributed by atoms with Crippen LogP contribution in [0.4, 0.5) is 5.69 Å². The van der Waals surface area contributed by atoms with Gasteiger partial charge in [-0.05, 0) is 12.1 Å². The number of amides is 1. The molecule has 1 amide bonds. The van der Waals surface area contributed by atoms with Gasteiger partial charge in [-0.2, -0.15) is 0 Å². The Morgan fingerprint density at radius 3 is 3.00 bits per heavy atom. The molecule has 98 valence electrons. The molecular formula is C14H15N3OS. The van der Waals surface area contributed by atoms with Crippen LogP contribution in [0.2, 0.25) is 0 Å². The van der Waals surface area contributed by atoms with Crippen LogP contribution in [0.5, 0.6) is 0 Å². The number of anilines is 1. The van der Waals surface area contributed by atoms with E-state index in [4.69, 9.17) is 0 Å². The Hall–Kier alpha value is -1.72. The highest BCUT2D eigenvalue weighted by Gasteiger charge is 2.16. The van der Waals surface area contributed by atoms with Gasteiger partial charge < -0.3 is 10.6 Å². The standard InChI is InChI=1S/C14H15N3OS/c18-13(16-10-4-2-1-3-5-10)8-14-17-11-6-7-15-9-12(11)19-14/h1-5,15H,6-9H2,(H,16,18). The average molecular weight is 273 g/mol. The van der Waals surface area contributed by atoms with Crippen molar-refractivity contribution in [2.24, 2.45) is 0 Å². The van der Waals surface area contributed by atoms with Gasteiger partial charge in [0.05, 0.1) is 12.1 Å². The number of fused-ring (bicyclic) bond motifs is 1. The number of carbonyl (C=O) groups is 1. The minimum Gasteiger partial charge on any atom is -0.326 e. The van der Waals surface area contributed by atoms with Gasteiger partial charge in [-0.25, -0.2) is 4.98 Å². The maximum absolute atomic E-state index is 11.9. The lowest BCUT2D eigenvalue weighted by Crippen LogP contribution is -2.22. The number of nitrogens with one attached hydrogen (secondary N) is 2. The van der Waals surface area contributed by atoms with Gasteiger partial charge in [-0.3, -0.25) is 4.79 Å². The number of hydrogen-bond donors (Lipinski definition) is 2. The number of rotatable bonds is 3. The molecule has 1 aromatic heterocycles. The third kappa shape index (κ3) is 3.00. The second kappa shape index (κ2) is 5.50. The Morgan fingerprint density at radius 2 is 2.21 bits per heavy atom. The molecule has 0 fully saturated rings. The van der Waals surface area contributed by atoms with Crippen molar-refractivity contribution in [1.82, 2.24) is 10.3 Å². The van der Waals surface area contributed by atoms with Crippen molar-refractivity contribution in [1.29, 1.82) is 0 Å². The minimum absolute atomic E-state index is 0.00902. The van der Waals surface area contributed by atoms with E-state index < -0.39 is 0 Å². The number of nitrogens with zero attached hydrogens (tertiary/aromatic N) is 1. The normalized spacial score (nSPS) is 13.9. The molecule has 0 unspecified atom stereocenters. The van der Waals surface area contributed by atoms with Gasteiger partial charge in [0, 0.05) is 30.1 Å². The van der Waals surface area contributed by atoms with Gasteiger partial charge in [-0.15, -0.1) is 11.3 Å². The molecule has 0 saturated carbocycles. The number of carbonyl (C=O) groups excluding carboxylic acids is 1. The summed E-state index contributed by atoms with van der Waals surface area (Å²) >= 11 is 1.64. The van der Waals surface area contributed by atoms with Crippen LogP contribution < -0.4 is 10.6 Å². The van der Waals surface area contributed by atoms with Crippen molar-refractivity contribution in [2.45, 2.75) is 19.4 Å². The van der Waals surface area contributed by atoms with Gasteiger partial charge >= 0.3 is 0 Å². The van der Waals surface area contributed by atoms with E-state index in [9.17, 15) is 4.79 Å². The molecule has 1 aliphatic rings. The van der Waals surface area contributed by atoms with Crippen molar-refractivity contribution in [3.63, 3.8) is 0 Å². The Balaban J connectivity index is 1.65. The molecule has 0 saturated heterocycles. The van der Waals surface area contributed by atoms with Crippen molar-refractivity contribution in [3.05, 3.63) is 45.9 Å². The molecule has 0 spiro atoms. The number of para-hydroxylation sites is 1. The Kier molecular flexibility index (Phi) is 3.57. The molecule has 0 aliphatic carbocycles. The zero-order valence-corrected chi connectivity index (χ0v) is 11.3. The molecule has 4 nitrogen and oxygen atoms in total. The molecule has 1 aliphatic heterocycles. The molecule has 2 aromatic rings. The van der Waals surface area contributed by atoms with E-state index in [-0.39, 0.29) is 5.91 Å². The quantitative estimate of drug-likeness (QED) is 0.899. The number of hydrogen-bond acceptors (Lipinski definition) is 4. The SMILES string of the molecule is O=C(Cc1nc2c(s1)CNCC2)Nc1ccccc1. The number of thiazole rings is 1. The number of benzene rings is 1. The Morgan fingerprint density at radius 1 is 1.37 bits per heavy atom. The maximum atomic E-state index is 11.9. The Labute approximate surface area is 115 Å². The van der Waals surface area contributed by atoms with E-state index in [2.05, 4.69) is 15.6 Å². The van der Waals surface area contributed by atoms with Gasteiger partial charge in [0.2, 0.25) is 5.91 Å². The molecule has 19 heavy (non-hydrogen) atoms. The fourth-order valence-electron chi connectivity index (χ4n) is 2.12. The van der Waals surface area contributed by atoms with Crippen molar-refractivity contribution in [3.8, 4) is 0 Å². The van der Waals surface area contributed by atoms with Crippen LogP contribution in [0.3, 0.4) is 0 Å². The highest BCUT2D eigenvalue weighted by atomic mass is 32.1. The van der Waals surface area contributed by atoms with E-state index in [0.29, 0.717) is 6.42 Å². The topological polar surface area (TPSA) is 54.0 Å². The molecular weight excluding hydrogens is 258 g/mol. The van der Waals surface area contributed by atoms with Gasteiger partial charge in [-0.1, -0.05) is 18.2 Å². The lowest BCUT2D eigenvalue weighted by atomic mass is 10.2. The lowest BCUT2D eigenvalue weighted by molar-refractivity contribution is -0.115. The third-order valence-electron chi connectivity index (χ3n) is 3.02. The first-order valence-corrected chi connectivity index (χ1v) is 7.16. The zero-order valence-electron chi connectivity index (χ0n) is 10.5. The molecule has 2 N–H and O–H groups in total. The summed E-state index contributed by atoms with van der Waals surface area (Å²) in [5.74, 6) is -0.00902.